The molecule has 1 fully saturated rings. The fourth-order valence-corrected chi connectivity index (χ4v) is 4.42. The first-order valence-corrected chi connectivity index (χ1v) is 9.96. The van der Waals surface area contributed by atoms with Crippen LogP contribution in [0.15, 0.2) is 60.7 Å². The maximum atomic E-state index is 12.1. The minimum absolute atomic E-state index is 0.0823. The first-order valence-electron chi connectivity index (χ1n) is 9.96. The largest absolute Gasteiger partial charge is 0.469 e. The van der Waals surface area contributed by atoms with Crippen LogP contribution in [0.2, 0.25) is 0 Å². The Bertz CT molecular complexity index is 698. The van der Waals surface area contributed by atoms with Gasteiger partial charge >= 0.3 is 5.97 Å². The predicted molar refractivity (Wildman–Crippen MR) is 107 cm³/mol. The van der Waals surface area contributed by atoms with Gasteiger partial charge in [0.15, 0.2) is 0 Å². The highest BCUT2D eigenvalue weighted by Gasteiger charge is 2.40. The van der Waals surface area contributed by atoms with E-state index in [0.717, 1.165) is 25.7 Å². The molecular formula is C24H30O3. The van der Waals surface area contributed by atoms with Crippen molar-refractivity contribution in [2.24, 2.45) is 17.8 Å². The number of esters is 1. The van der Waals surface area contributed by atoms with Crippen molar-refractivity contribution in [1.29, 1.82) is 0 Å². The van der Waals surface area contributed by atoms with E-state index in [4.69, 9.17) is 9.47 Å². The topological polar surface area (TPSA) is 35.5 Å². The van der Waals surface area contributed by atoms with Crippen LogP contribution < -0.4 is 0 Å². The molecule has 144 valence electrons. The van der Waals surface area contributed by atoms with Gasteiger partial charge in [-0.2, -0.15) is 0 Å². The van der Waals surface area contributed by atoms with Gasteiger partial charge < -0.3 is 9.47 Å². The lowest BCUT2D eigenvalue weighted by molar-refractivity contribution is -0.148. The number of hydrogen-bond donors (Lipinski definition) is 0. The number of benzene rings is 2. The summed E-state index contributed by atoms with van der Waals surface area (Å²) in [5.74, 6) is 0.513. The SMILES string of the molecule is COC(=O)[C@H](C)[C@H]1CCC[C@H]1[C@@H](Cc1ccccc1)OCc1ccccc1. The summed E-state index contributed by atoms with van der Waals surface area (Å²) in [6, 6.07) is 20.8. The second-order valence-corrected chi connectivity index (χ2v) is 7.60. The van der Waals surface area contributed by atoms with Crippen LogP contribution in [0.1, 0.15) is 37.3 Å². The Hall–Kier alpha value is -2.13. The quantitative estimate of drug-likeness (QED) is 0.614. The molecule has 0 N–H and O–H groups in total. The lowest BCUT2D eigenvalue weighted by Crippen LogP contribution is -2.34. The number of ether oxygens (including phenoxy) is 2. The zero-order valence-corrected chi connectivity index (χ0v) is 16.3. The number of rotatable bonds is 8. The summed E-state index contributed by atoms with van der Waals surface area (Å²) in [5, 5.41) is 0. The molecule has 0 spiro atoms. The monoisotopic (exact) mass is 366 g/mol. The van der Waals surface area contributed by atoms with Gasteiger partial charge in [-0.1, -0.05) is 74.0 Å². The van der Waals surface area contributed by atoms with Crippen LogP contribution >= 0.6 is 0 Å². The third-order valence-corrected chi connectivity index (χ3v) is 5.90. The molecule has 0 amide bonds. The van der Waals surface area contributed by atoms with Gasteiger partial charge in [0.25, 0.3) is 0 Å². The summed E-state index contributed by atoms with van der Waals surface area (Å²) in [4.78, 5) is 12.1. The van der Waals surface area contributed by atoms with Crippen molar-refractivity contribution in [2.75, 3.05) is 7.11 Å². The van der Waals surface area contributed by atoms with E-state index in [-0.39, 0.29) is 18.0 Å². The average molecular weight is 367 g/mol. The van der Waals surface area contributed by atoms with Crippen LogP contribution in [0.3, 0.4) is 0 Å². The van der Waals surface area contributed by atoms with Crippen molar-refractivity contribution in [1.82, 2.24) is 0 Å². The molecule has 1 saturated carbocycles. The molecule has 0 radical (unpaired) electrons. The maximum absolute atomic E-state index is 12.1. The molecule has 27 heavy (non-hydrogen) atoms. The van der Waals surface area contributed by atoms with Crippen LogP contribution in [0.25, 0.3) is 0 Å². The molecule has 0 saturated heterocycles. The molecule has 2 aromatic rings. The van der Waals surface area contributed by atoms with E-state index >= 15 is 0 Å². The van der Waals surface area contributed by atoms with Gasteiger partial charge in [-0.25, -0.2) is 0 Å². The fraction of sp³-hybridized carbons (Fsp3) is 0.458. The zero-order chi connectivity index (χ0) is 19.1. The van der Waals surface area contributed by atoms with E-state index in [2.05, 4.69) is 36.4 Å². The van der Waals surface area contributed by atoms with E-state index in [1.165, 1.54) is 18.2 Å². The first kappa shape index (κ1) is 19.6. The lowest BCUT2D eigenvalue weighted by atomic mass is 9.80. The predicted octanol–water partition coefficient (Wildman–Crippen LogP) is 5.04. The highest BCUT2D eigenvalue weighted by molar-refractivity contribution is 5.72. The van der Waals surface area contributed by atoms with Gasteiger partial charge in [0.05, 0.1) is 25.7 Å². The van der Waals surface area contributed by atoms with Gasteiger partial charge in [-0.05, 0) is 42.2 Å². The zero-order valence-electron chi connectivity index (χ0n) is 16.3. The Kier molecular flexibility index (Phi) is 7.05. The molecule has 3 rings (SSSR count). The minimum Gasteiger partial charge on any atom is -0.469 e. The van der Waals surface area contributed by atoms with Gasteiger partial charge in [-0.3, -0.25) is 4.79 Å². The molecule has 1 aliphatic carbocycles. The second kappa shape index (κ2) is 9.70. The average Bonchev–Trinajstić information content (AvgIpc) is 3.21. The van der Waals surface area contributed by atoms with Crippen molar-refractivity contribution in [3.05, 3.63) is 71.8 Å². The molecule has 1 aliphatic rings. The normalized spacial score (nSPS) is 21.6. The van der Waals surface area contributed by atoms with Crippen LogP contribution in [-0.4, -0.2) is 19.2 Å². The maximum Gasteiger partial charge on any atom is 0.308 e. The summed E-state index contributed by atoms with van der Waals surface area (Å²) >= 11 is 0. The summed E-state index contributed by atoms with van der Waals surface area (Å²) in [5.41, 5.74) is 2.47. The summed E-state index contributed by atoms with van der Waals surface area (Å²) in [6.07, 6.45) is 4.31. The third kappa shape index (κ3) is 5.20. The van der Waals surface area contributed by atoms with Crippen molar-refractivity contribution >= 4 is 5.97 Å². The highest BCUT2D eigenvalue weighted by Crippen LogP contribution is 2.41. The van der Waals surface area contributed by atoms with Crippen molar-refractivity contribution in [3.8, 4) is 0 Å². The molecule has 0 bridgehead atoms. The molecule has 3 nitrogen and oxygen atoms in total. The molecule has 0 heterocycles. The van der Waals surface area contributed by atoms with Crippen LogP contribution in [-0.2, 0) is 27.3 Å². The molecule has 3 heteroatoms. The lowest BCUT2D eigenvalue weighted by Gasteiger charge is -2.31. The van der Waals surface area contributed by atoms with Crippen molar-refractivity contribution < 1.29 is 14.3 Å². The Morgan fingerprint density at radius 2 is 1.56 bits per heavy atom. The number of carbonyl (C=O) groups is 1. The highest BCUT2D eigenvalue weighted by atomic mass is 16.5. The van der Waals surface area contributed by atoms with Gasteiger partial charge in [0, 0.05) is 0 Å². The first-order chi connectivity index (χ1) is 13.2. The summed E-state index contributed by atoms with van der Waals surface area (Å²) in [7, 11) is 1.48. The van der Waals surface area contributed by atoms with Crippen LogP contribution in [0.5, 0.6) is 0 Å². The molecule has 4 atom stereocenters. The van der Waals surface area contributed by atoms with E-state index in [1.807, 2.05) is 31.2 Å². The standard InChI is InChI=1S/C24H30O3/c1-18(24(25)26-2)21-14-9-15-22(21)23(16-19-10-5-3-6-11-19)27-17-20-12-7-4-8-13-20/h3-8,10-13,18,21-23H,9,14-17H2,1-2H3/t18-,21-,22-,23-/m1/s1. The Balaban J connectivity index is 1.76. The van der Waals surface area contributed by atoms with E-state index in [1.54, 1.807) is 0 Å². The van der Waals surface area contributed by atoms with Crippen LogP contribution in [0, 0.1) is 17.8 Å². The summed E-state index contributed by atoms with van der Waals surface area (Å²) in [6.45, 7) is 2.61. The van der Waals surface area contributed by atoms with Crippen molar-refractivity contribution in [2.45, 2.75) is 45.3 Å². The molecule has 0 unspecified atom stereocenters. The van der Waals surface area contributed by atoms with Gasteiger partial charge in [0.1, 0.15) is 0 Å². The number of hydrogen-bond acceptors (Lipinski definition) is 3. The third-order valence-electron chi connectivity index (χ3n) is 5.90. The molecule has 0 aromatic heterocycles. The molecular weight excluding hydrogens is 336 g/mol. The van der Waals surface area contributed by atoms with E-state index in [0.29, 0.717) is 18.4 Å². The number of carbonyl (C=O) groups excluding carboxylic acids is 1. The van der Waals surface area contributed by atoms with E-state index < -0.39 is 0 Å². The Morgan fingerprint density at radius 1 is 0.963 bits per heavy atom. The molecule has 2 aromatic carbocycles. The Labute approximate surface area is 162 Å². The smallest absolute Gasteiger partial charge is 0.308 e. The van der Waals surface area contributed by atoms with Crippen LogP contribution in [0.4, 0.5) is 0 Å². The number of methoxy groups -OCH3 is 1. The summed E-state index contributed by atoms with van der Waals surface area (Å²) < 4.78 is 11.5. The van der Waals surface area contributed by atoms with Crippen molar-refractivity contribution in [3.63, 3.8) is 0 Å². The van der Waals surface area contributed by atoms with Gasteiger partial charge in [0.2, 0.25) is 0 Å². The molecule has 0 aliphatic heterocycles. The Morgan fingerprint density at radius 3 is 2.19 bits per heavy atom. The fourth-order valence-electron chi connectivity index (χ4n) is 4.42. The minimum atomic E-state index is -0.103. The van der Waals surface area contributed by atoms with E-state index in [9.17, 15) is 4.79 Å². The van der Waals surface area contributed by atoms with Gasteiger partial charge in [-0.15, -0.1) is 0 Å². The second-order valence-electron chi connectivity index (χ2n) is 7.60.